The Balaban J connectivity index is 1.62. The van der Waals surface area contributed by atoms with Crippen molar-refractivity contribution in [2.45, 2.75) is 51.0 Å². The van der Waals surface area contributed by atoms with Gasteiger partial charge in [-0.15, -0.1) is 0 Å². The molecule has 0 amide bonds. The second kappa shape index (κ2) is 6.88. The lowest BCUT2D eigenvalue weighted by atomic mass is 9.57. The van der Waals surface area contributed by atoms with E-state index in [-0.39, 0.29) is 0 Å². The molecule has 0 heterocycles. The van der Waals surface area contributed by atoms with E-state index in [4.69, 9.17) is 4.74 Å². The van der Waals surface area contributed by atoms with Gasteiger partial charge in [0.1, 0.15) is 0 Å². The summed E-state index contributed by atoms with van der Waals surface area (Å²) in [6.07, 6.45) is 10.2. The van der Waals surface area contributed by atoms with Gasteiger partial charge in [-0.2, -0.15) is 0 Å². The van der Waals surface area contributed by atoms with Crippen molar-refractivity contribution in [3.05, 3.63) is 0 Å². The highest BCUT2D eigenvalue weighted by atomic mass is 16.5. The second-order valence-electron chi connectivity index (χ2n) is 6.26. The molecule has 0 aromatic carbocycles. The van der Waals surface area contributed by atoms with Gasteiger partial charge in [-0.1, -0.05) is 19.3 Å². The third-order valence-electron chi connectivity index (χ3n) is 5.08. The highest BCUT2D eigenvalue weighted by Crippen LogP contribution is 2.51. The van der Waals surface area contributed by atoms with E-state index in [9.17, 15) is 0 Å². The first-order chi connectivity index (χ1) is 8.77. The Morgan fingerprint density at radius 1 is 1.17 bits per heavy atom. The lowest BCUT2D eigenvalue weighted by Gasteiger charge is -2.52. The van der Waals surface area contributed by atoms with E-state index in [0.29, 0.717) is 5.41 Å². The van der Waals surface area contributed by atoms with Crippen molar-refractivity contribution in [3.8, 4) is 0 Å². The Kier molecular flexibility index (Phi) is 5.46. The first kappa shape index (κ1) is 14.3. The number of hydrogen-bond donors (Lipinski definition) is 1. The third kappa shape index (κ3) is 3.46. The van der Waals surface area contributed by atoms with Gasteiger partial charge < -0.3 is 15.0 Å². The maximum Gasteiger partial charge on any atom is 0.0589 e. The zero-order valence-electron chi connectivity index (χ0n) is 12.2. The molecule has 3 heteroatoms. The summed E-state index contributed by atoms with van der Waals surface area (Å²) in [4.78, 5) is 2.35. The molecule has 1 spiro atoms. The molecule has 0 aliphatic heterocycles. The first-order valence-corrected chi connectivity index (χ1v) is 7.68. The molecule has 2 rings (SSSR count). The molecule has 2 saturated carbocycles. The highest BCUT2D eigenvalue weighted by molar-refractivity contribution is 5.01. The summed E-state index contributed by atoms with van der Waals surface area (Å²) in [5.74, 6) is 0. The van der Waals surface area contributed by atoms with Crippen LogP contribution < -0.4 is 5.32 Å². The summed E-state index contributed by atoms with van der Waals surface area (Å²) in [5, 5.41) is 3.80. The molecule has 2 aliphatic rings. The summed E-state index contributed by atoms with van der Waals surface area (Å²) >= 11 is 0. The normalized spacial score (nSPS) is 26.5. The summed E-state index contributed by atoms with van der Waals surface area (Å²) in [6, 6.07) is 0.814. The van der Waals surface area contributed by atoms with Gasteiger partial charge in [-0.25, -0.2) is 0 Å². The molecule has 1 unspecified atom stereocenters. The van der Waals surface area contributed by atoms with Gasteiger partial charge in [-0.05, 0) is 38.1 Å². The summed E-state index contributed by atoms with van der Waals surface area (Å²) < 4.78 is 5.10. The predicted molar refractivity (Wildman–Crippen MR) is 75.9 cm³/mol. The highest BCUT2D eigenvalue weighted by Gasteiger charge is 2.46. The topological polar surface area (TPSA) is 24.5 Å². The Morgan fingerprint density at radius 2 is 1.94 bits per heavy atom. The van der Waals surface area contributed by atoms with Crippen LogP contribution in [0.15, 0.2) is 0 Å². The number of likely N-dealkylation sites (N-methyl/N-ethyl adjacent to an activating group) is 1. The smallest absolute Gasteiger partial charge is 0.0589 e. The van der Waals surface area contributed by atoms with Crippen LogP contribution in [-0.4, -0.2) is 51.3 Å². The van der Waals surface area contributed by atoms with E-state index in [0.717, 1.165) is 32.3 Å². The molecule has 0 saturated heterocycles. The molecule has 0 aromatic heterocycles. The van der Waals surface area contributed by atoms with Crippen molar-refractivity contribution in [2.24, 2.45) is 5.41 Å². The zero-order valence-corrected chi connectivity index (χ0v) is 12.2. The molecule has 18 heavy (non-hydrogen) atoms. The van der Waals surface area contributed by atoms with E-state index < -0.39 is 0 Å². The van der Waals surface area contributed by atoms with Crippen LogP contribution in [0.5, 0.6) is 0 Å². The number of methoxy groups -OCH3 is 1. The quantitative estimate of drug-likeness (QED) is 0.754. The van der Waals surface area contributed by atoms with Crippen molar-refractivity contribution >= 4 is 0 Å². The summed E-state index contributed by atoms with van der Waals surface area (Å²) in [6.45, 7) is 4.14. The van der Waals surface area contributed by atoms with Crippen LogP contribution in [0, 0.1) is 5.41 Å². The minimum atomic E-state index is 0.698. The Bertz CT molecular complexity index is 239. The van der Waals surface area contributed by atoms with Crippen LogP contribution >= 0.6 is 0 Å². The van der Waals surface area contributed by atoms with Gasteiger partial charge in [0.2, 0.25) is 0 Å². The molecule has 1 atom stereocenters. The molecule has 0 bridgehead atoms. The van der Waals surface area contributed by atoms with E-state index in [2.05, 4.69) is 17.3 Å². The van der Waals surface area contributed by atoms with Crippen LogP contribution in [0.3, 0.4) is 0 Å². The summed E-state index contributed by atoms with van der Waals surface area (Å²) in [7, 11) is 3.95. The molecule has 2 fully saturated rings. The van der Waals surface area contributed by atoms with Crippen molar-refractivity contribution in [1.82, 2.24) is 10.2 Å². The van der Waals surface area contributed by atoms with Crippen LogP contribution in [-0.2, 0) is 4.74 Å². The second-order valence-corrected chi connectivity index (χ2v) is 6.26. The molecule has 3 nitrogen and oxygen atoms in total. The molecule has 1 N–H and O–H groups in total. The van der Waals surface area contributed by atoms with E-state index >= 15 is 0 Å². The average Bonchev–Trinajstić information content (AvgIpc) is 2.41. The van der Waals surface area contributed by atoms with Crippen molar-refractivity contribution in [1.29, 1.82) is 0 Å². The minimum Gasteiger partial charge on any atom is -0.383 e. The van der Waals surface area contributed by atoms with E-state index in [1.54, 1.807) is 7.11 Å². The maximum atomic E-state index is 5.10. The monoisotopic (exact) mass is 254 g/mol. The molecular formula is C15H30N2O. The van der Waals surface area contributed by atoms with Gasteiger partial charge in [-0.3, -0.25) is 0 Å². The number of nitrogens with one attached hydrogen (secondary N) is 1. The fraction of sp³-hybridized carbons (Fsp3) is 1.00. The van der Waals surface area contributed by atoms with Crippen LogP contribution in [0.4, 0.5) is 0 Å². The lowest BCUT2D eigenvalue weighted by Crippen LogP contribution is -2.55. The van der Waals surface area contributed by atoms with Gasteiger partial charge in [0.15, 0.2) is 0 Å². The molecular weight excluding hydrogens is 224 g/mol. The van der Waals surface area contributed by atoms with Crippen molar-refractivity contribution in [2.75, 3.05) is 40.4 Å². The largest absolute Gasteiger partial charge is 0.383 e. The molecule has 106 valence electrons. The SMILES string of the molecule is COCCN(C)CCNC1CCC12CCCCC2. The third-order valence-corrected chi connectivity index (χ3v) is 5.08. The predicted octanol–water partition coefficient (Wildman–Crippen LogP) is 2.27. The van der Waals surface area contributed by atoms with Crippen molar-refractivity contribution in [3.63, 3.8) is 0 Å². The number of rotatable bonds is 7. The average molecular weight is 254 g/mol. The molecule has 0 radical (unpaired) electrons. The van der Waals surface area contributed by atoms with Crippen LogP contribution in [0.1, 0.15) is 44.9 Å². The van der Waals surface area contributed by atoms with Crippen LogP contribution in [0.25, 0.3) is 0 Å². The lowest BCUT2D eigenvalue weighted by molar-refractivity contribution is 0.0221. The molecule has 2 aliphatic carbocycles. The Hall–Kier alpha value is -0.120. The zero-order chi connectivity index (χ0) is 12.8. The van der Waals surface area contributed by atoms with Gasteiger partial charge in [0, 0.05) is 32.8 Å². The number of hydrogen-bond acceptors (Lipinski definition) is 3. The Labute approximate surface area is 112 Å². The first-order valence-electron chi connectivity index (χ1n) is 7.68. The Morgan fingerprint density at radius 3 is 2.56 bits per heavy atom. The van der Waals surface area contributed by atoms with Crippen molar-refractivity contribution < 1.29 is 4.74 Å². The fourth-order valence-corrected chi connectivity index (χ4v) is 3.66. The minimum absolute atomic E-state index is 0.698. The van der Waals surface area contributed by atoms with Crippen LogP contribution in [0.2, 0.25) is 0 Å². The van der Waals surface area contributed by atoms with E-state index in [1.807, 2.05) is 0 Å². The standard InChI is InChI=1S/C15H30N2O/c1-17(12-13-18-2)11-10-16-14-6-9-15(14)7-4-3-5-8-15/h14,16H,3-13H2,1-2H3. The van der Waals surface area contributed by atoms with Gasteiger partial charge >= 0.3 is 0 Å². The summed E-state index contributed by atoms with van der Waals surface area (Å²) in [5.41, 5.74) is 0.698. The van der Waals surface area contributed by atoms with Gasteiger partial charge in [0.25, 0.3) is 0 Å². The fourth-order valence-electron chi connectivity index (χ4n) is 3.66. The number of ether oxygens (including phenoxy) is 1. The van der Waals surface area contributed by atoms with Gasteiger partial charge in [0.05, 0.1) is 6.61 Å². The van der Waals surface area contributed by atoms with E-state index in [1.165, 1.54) is 44.9 Å². The molecule has 0 aromatic rings. The number of nitrogens with zero attached hydrogens (tertiary/aromatic N) is 1. The maximum absolute atomic E-state index is 5.10.